The molecule has 2 aromatic carbocycles. The van der Waals surface area contributed by atoms with E-state index in [1.165, 1.54) is 0 Å². The van der Waals surface area contributed by atoms with Gasteiger partial charge in [-0.25, -0.2) is 9.97 Å². The van der Waals surface area contributed by atoms with Gasteiger partial charge in [-0.15, -0.1) is 0 Å². The highest BCUT2D eigenvalue weighted by atomic mass is 16.5. The third-order valence-electron chi connectivity index (χ3n) is 3.92. The minimum atomic E-state index is 0.578. The molecule has 2 heterocycles. The van der Waals surface area contributed by atoms with E-state index in [-0.39, 0.29) is 0 Å². The molecule has 2 aromatic heterocycles. The molecule has 0 bridgehead atoms. The number of fused-ring (bicyclic) bond motifs is 1. The molecule has 4 rings (SSSR count). The lowest BCUT2D eigenvalue weighted by Gasteiger charge is -2.09. The zero-order valence-corrected chi connectivity index (χ0v) is 14.0. The summed E-state index contributed by atoms with van der Waals surface area (Å²) in [6.45, 7) is 1.96. The maximum atomic E-state index is 5.70. The van der Waals surface area contributed by atoms with Crippen molar-refractivity contribution in [3.05, 3.63) is 72.1 Å². The highest BCUT2D eigenvalue weighted by Gasteiger charge is 2.07. The fourth-order valence-electron chi connectivity index (χ4n) is 2.69. The summed E-state index contributed by atoms with van der Waals surface area (Å²) in [5.74, 6) is 1.35. The molecule has 0 aliphatic rings. The number of rotatable bonds is 4. The first-order valence-electron chi connectivity index (χ1n) is 7.95. The summed E-state index contributed by atoms with van der Waals surface area (Å²) in [7, 11) is 1.66. The van der Waals surface area contributed by atoms with E-state index >= 15 is 0 Å². The summed E-state index contributed by atoms with van der Waals surface area (Å²) >= 11 is 0. The smallest absolute Gasteiger partial charge is 0.220 e. The lowest BCUT2D eigenvalue weighted by Crippen LogP contribution is -1.95. The molecule has 0 fully saturated rings. The molecule has 0 spiro atoms. The molecule has 0 aliphatic heterocycles. The van der Waals surface area contributed by atoms with Crippen molar-refractivity contribution < 1.29 is 9.15 Å². The number of aromatic nitrogens is 3. The molecule has 5 heteroatoms. The molecule has 0 N–H and O–H groups in total. The fourth-order valence-corrected chi connectivity index (χ4v) is 2.69. The van der Waals surface area contributed by atoms with Crippen LogP contribution in [0.4, 0.5) is 0 Å². The number of hydrogen-bond acceptors (Lipinski definition) is 4. The Balaban J connectivity index is 1.64. The average molecular weight is 331 g/mol. The standard InChI is InChI=1S/C20H17N3O2/c1-14-12-23(13-21-14)17-9-7-15(11-19(17)24-2)8-10-20-22-16-5-3-4-6-18(16)25-20/h3-13H,1-2H3/b10-8+. The zero-order valence-electron chi connectivity index (χ0n) is 14.0. The summed E-state index contributed by atoms with van der Waals surface area (Å²) in [5, 5.41) is 0. The van der Waals surface area contributed by atoms with Crippen LogP contribution in [0.5, 0.6) is 5.75 Å². The van der Waals surface area contributed by atoms with Crippen molar-refractivity contribution in [2.75, 3.05) is 7.11 Å². The Labute approximate surface area is 145 Å². The minimum absolute atomic E-state index is 0.578. The molecule has 0 amide bonds. The molecule has 0 atom stereocenters. The van der Waals surface area contributed by atoms with Gasteiger partial charge in [0, 0.05) is 12.3 Å². The van der Waals surface area contributed by atoms with Gasteiger partial charge in [0.2, 0.25) is 5.89 Å². The Morgan fingerprint density at radius 2 is 2.00 bits per heavy atom. The highest BCUT2D eigenvalue weighted by molar-refractivity contribution is 5.76. The maximum absolute atomic E-state index is 5.70. The van der Waals surface area contributed by atoms with Crippen molar-refractivity contribution >= 4 is 23.3 Å². The molecule has 5 nitrogen and oxygen atoms in total. The van der Waals surface area contributed by atoms with Crippen molar-refractivity contribution in [2.24, 2.45) is 0 Å². The van der Waals surface area contributed by atoms with Crippen LogP contribution >= 0.6 is 0 Å². The van der Waals surface area contributed by atoms with Gasteiger partial charge in [0.1, 0.15) is 11.3 Å². The van der Waals surface area contributed by atoms with Gasteiger partial charge < -0.3 is 13.7 Å². The minimum Gasteiger partial charge on any atom is -0.495 e. The Kier molecular flexibility index (Phi) is 3.82. The first-order chi connectivity index (χ1) is 12.2. The van der Waals surface area contributed by atoms with Gasteiger partial charge in [0.05, 0.1) is 24.8 Å². The van der Waals surface area contributed by atoms with E-state index in [0.717, 1.165) is 33.8 Å². The van der Waals surface area contributed by atoms with Crippen molar-refractivity contribution in [3.63, 3.8) is 0 Å². The van der Waals surface area contributed by atoms with Crippen LogP contribution in [0.3, 0.4) is 0 Å². The Hall–Kier alpha value is -3.34. The van der Waals surface area contributed by atoms with E-state index in [2.05, 4.69) is 9.97 Å². The molecule has 0 saturated carbocycles. The summed E-state index contributed by atoms with van der Waals surface area (Å²) < 4.78 is 13.2. The number of ether oxygens (including phenoxy) is 1. The van der Waals surface area contributed by atoms with Crippen molar-refractivity contribution in [2.45, 2.75) is 6.92 Å². The van der Waals surface area contributed by atoms with Crippen molar-refractivity contribution in [1.82, 2.24) is 14.5 Å². The normalized spacial score (nSPS) is 11.4. The number of benzene rings is 2. The van der Waals surface area contributed by atoms with Gasteiger partial charge >= 0.3 is 0 Å². The second kappa shape index (κ2) is 6.28. The lowest BCUT2D eigenvalue weighted by molar-refractivity contribution is 0.413. The Morgan fingerprint density at radius 3 is 2.76 bits per heavy atom. The van der Waals surface area contributed by atoms with Crippen LogP contribution in [-0.4, -0.2) is 21.6 Å². The van der Waals surface area contributed by atoms with Crippen LogP contribution in [0.25, 0.3) is 28.9 Å². The van der Waals surface area contributed by atoms with E-state index in [9.17, 15) is 0 Å². The SMILES string of the molecule is COc1cc(/C=C/c2nc3ccccc3o2)ccc1-n1cnc(C)c1. The van der Waals surface area contributed by atoms with Gasteiger partial charge in [-0.2, -0.15) is 0 Å². The third kappa shape index (κ3) is 3.04. The van der Waals surface area contributed by atoms with Gasteiger partial charge in [-0.3, -0.25) is 0 Å². The summed E-state index contributed by atoms with van der Waals surface area (Å²) in [6.07, 6.45) is 7.55. The molecule has 124 valence electrons. The average Bonchev–Trinajstić information content (AvgIpc) is 3.25. The lowest BCUT2D eigenvalue weighted by atomic mass is 10.1. The van der Waals surface area contributed by atoms with Crippen LogP contribution < -0.4 is 4.74 Å². The fraction of sp³-hybridized carbons (Fsp3) is 0.100. The number of oxazole rings is 1. The summed E-state index contributed by atoms with van der Waals surface area (Å²) in [4.78, 5) is 8.70. The predicted molar refractivity (Wildman–Crippen MR) is 97.8 cm³/mol. The highest BCUT2D eigenvalue weighted by Crippen LogP contribution is 2.25. The first kappa shape index (κ1) is 15.2. The van der Waals surface area contributed by atoms with E-state index < -0.39 is 0 Å². The molecule has 4 aromatic rings. The third-order valence-corrected chi connectivity index (χ3v) is 3.92. The Morgan fingerprint density at radius 1 is 1.12 bits per heavy atom. The predicted octanol–water partition coefficient (Wildman–Crippen LogP) is 4.50. The largest absolute Gasteiger partial charge is 0.495 e. The summed E-state index contributed by atoms with van der Waals surface area (Å²) in [5.41, 5.74) is 4.54. The van der Waals surface area contributed by atoms with Crippen LogP contribution in [-0.2, 0) is 0 Å². The second-order valence-electron chi connectivity index (χ2n) is 5.71. The molecule has 0 radical (unpaired) electrons. The van der Waals surface area contributed by atoms with Crippen molar-refractivity contribution in [1.29, 1.82) is 0 Å². The molecule has 0 saturated heterocycles. The van der Waals surface area contributed by atoms with Gasteiger partial charge in [0.15, 0.2) is 5.58 Å². The number of nitrogens with zero attached hydrogens (tertiary/aromatic N) is 3. The number of aryl methyl sites for hydroxylation is 1. The quantitative estimate of drug-likeness (QED) is 0.552. The Bertz CT molecular complexity index is 1030. The second-order valence-corrected chi connectivity index (χ2v) is 5.71. The van der Waals surface area contributed by atoms with E-state index in [1.807, 2.05) is 72.3 Å². The molecule has 0 unspecified atom stereocenters. The first-order valence-corrected chi connectivity index (χ1v) is 7.95. The van der Waals surface area contributed by atoms with Crippen molar-refractivity contribution in [3.8, 4) is 11.4 Å². The van der Waals surface area contributed by atoms with Gasteiger partial charge in [0.25, 0.3) is 0 Å². The monoisotopic (exact) mass is 331 g/mol. The summed E-state index contributed by atoms with van der Waals surface area (Å²) in [6, 6.07) is 13.7. The van der Waals surface area contributed by atoms with Crippen LogP contribution in [0.1, 0.15) is 17.1 Å². The molecular weight excluding hydrogens is 314 g/mol. The molecular formula is C20H17N3O2. The number of methoxy groups -OCH3 is 1. The number of para-hydroxylation sites is 2. The van der Waals surface area contributed by atoms with E-state index in [4.69, 9.17) is 9.15 Å². The van der Waals surface area contributed by atoms with Crippen LogP contribution in [0.15, 0.2) is 59.4 Å². The molecule has 0 aliphatic carbocycles. The number of hydrogen-bond donors (Lipinski definition) is 0. The van der Waals surface area contributed by atoms with Crippen LogP contribution in [0, 0.1) is 6.92 Å². The topological polar surface area (TPSA) is 53.1 Å². The van der Waals surface area contributed by atoms with Gasteiger partial charge in [-0.05, 0) is 42.8 Å². The maximum Gasteiger partial charge on any atom is 0.220 e. The van der Waals surface area contributed by atoms with Gasteiger partial charge in [-0.1, -0.05) is 18.2 Å². The molecule has 25 heavy (non-hydrogen) atoms. The number of imidazole rings is 1. The van der Waals surface area contributed by atoms with E-state index in [1.54, 1.807) is 13.4 Å². The van der Waals surface area contributed by atoms with Crippen LogP contribution in [0.2, 0.25) is 0 Å². The van der Waals surface area contributed by atoms with E-state index in [0.29, 0.717) is 5.89 Å². The zero-order chi connectivity index (χ0) is 17.2.